The van der Waals surface area contributed by atoms with Gasteiger partial charge in [0, 0.05) is 17.9 Å². The lowest BCUT2D eigenvalue weighted by molar-refractivity contribution is 0.257. The average molecular weight is 280 g/mol. The summed E-state index contributed by atoms with van der Waals surface area (Å²) in [7, 11) is 0. The van der Waals surface area contributed by atoms with E-state index < -0.39 is 0 Å². The molecule has 0 aromatic heterocycles. The summed E-state index contributed by atoms with van der Waals surface area (Å²) in [4.78, 5) is 14.4. The number of hydrogen-bond donors (Lipinski definition) is 1. The van der Waals surface area contributed by atoms with Crippen LogP contribution in [0, 0.1) is 6.92 Å². The van der Waals surface area contributed by atoms with Crippen LogP contribution in [0.4, 0.5) is 16.2 Å². The molecule has 3 rings (SSSR count). The Bertz CT molecular complexity index is 634. The summed E-state index contributed by atoms with van der Waals surface area (Å²) in [5, 5.41) is 2.99. The Morgan fingerprint density at radius 3 is 2.62 bits per heavy atom. The number of hydrogen-bond acceptors (Lipinski definition) is 1. The molecular weight excluding hydrogens is 260 g/mol. The third-order valence-electron chi connectivity index (χ3n) is 3.91. The van der Waals surface area contributed by atoms with Gasteiger partial charge < -0.3 is 5.32 Å². The number of aryl methyl sites for hydroxylation is 2. The normalized spacial score (nSPS) is 14.2. The van der Waals surface area contributed by atoms with Crippen molar-refractivity contribution >= 4 is 17.4 Å². The molecule has 3 nitrogen and oxygen atoms in total. The maximum atomic E-state index is 12.6. The molecule has 2 aromatic carbocycles. The molecule has 0 saturated heterocycles. The van der Waals surface area contributed by atoms with Gasteiger partial charge >= 0.3 is 6.03 Å². The number of carbonyl (C=O) groups is 1. The number of anilines is 2. The summed E-state index contributed by atoms with van der Waals surface area (Å²) in [6, 6.07) is 16.0. The predicted molar refractivity (Wildman–Crippen MR) is 86.9 cm³/mol. The Morgan fingerprint density at radius 2 is 1.81 bits per heavy atom. The van der Waals surface area contributed by atoms with Crippen LogP contribution < -0.4 is 10.2 Å². The first-order valence-corrected chi connectivity index (χ1v) is 7.47. The summed E-state index contributed by atoms with van der Waals surface area (Å²) in [6.07, 6.45) is 3.21. The van der Waals surface area contributed by atoms with Crippen molar-refractivity contribution < 1.29 is 4.79 Å². The van der Waals surface area contributed by atoms with Gasteiger partial charge in [-0.05, 0) is 49.9 Å². The molecule has 0 fully saturated rings. The lowest BCUT2D eigenvalue weighted by Gasteiger charge is -2.23. The van der Waals surface area contributed by atoms with Crippen LogP contribution in [-0.4, -0.2) is 12.6 Å². The van der Waals surface area contributed by atoms with Crippen molar-refractivity contribution in [2.75, 3.05) is 16.8 Å². The minimum atomic E-state index is -0.0480. The SMILES string of the molecule is Cc1ccc(NC(=O)N2CCCCc3ccccc32)cc1. The average Bonchev–Trinajstić information content (AvgIpc) is 2.72. The van der Waals surface area contributed by atoms with E-state index in [1.807, 2.05) is 54.3 Å². The number of para-hydroxylation sites is 1. The highest BCUT2D eigenvalue weighted by molar-refractivity contribution is 6.02. The number of benzene rings is 2. The fourth-order valence-electron chi connectivity index (χ4n) is 2.73. The molecule has 2 amide bonds. The quantitative estimate of drug-likeness (QED) is 0.826. The van der Waals surface area contributed by atoms with Gasteiger partial charge in [-0.2, -0.15) is 0 Å². The maximum absolute atomic E-state index is 12.6. The van der Waals surface area contributed by atoms with Gasteiger partial charge in [0.2, 0.25) is 0 Å². The first kappa shape index (κ1) is 13.7. The first-order valence-electron chi connectivity index (χ1n) is 7.47. The third-order valence-corrected chi connectivity index (χ3v) is 3.91. The zero-order chi connectivity index (χ0) is 14.7. The monoisotopic (exact) mass is 280 g/mol. The predicted octanol–water partition coefficient (Wildman–Crippen LogP) is 4.37. The van der Waals surface area contributed by atoms with Gasteiger partial charge in [0.15, 0.2) is 0 Å². The van der Waals surface area contributed by atoms with Gasteiger partial charge in [0.25, 0.3) is 0 Å². The first-order chi connectivity index (χ1) is 10.2. The van der Waals surface area contributed by atoms with Crippen LogP contribution in [0.25, 0.3) is 0 Å². The van der Waals surface area contributed by atoms with Gasteiger partial charge in [-0.3, -0.25) is 4.90 Å². The van der Waals surface area contributed by atoms with E-state index in [0.29, 0.717) is 0 Å². The van der Waals surface area contributed by atoms with Gasteiger partial charge in [-0.25, -0.2) is 4.79 Å². The number of carbonyl (C=O) groups excluding carboxylic acids is 1. The molecule has 0 radical (unpaired) electrons. The second-order valence-corrected chi connectivity index (χ2v) is 5.53. The molecule has 108 valence electrons. The largest absolute Gasteiger partial charge is 0.326 e. The minimum absolute atomic E-state index is 0.0480. The fourth-order valence-corrected chi connectivity index (χ4v) is 2.73. The highest BCUT2D eigenvalue weighted by Crippen LogP contribution is 2.26. The van der Waals surface area contributed by atoms with E-state index in [-0.39, 0.29) is 6.03 Å². The molecule has 1 heterocycles. The Balaban J connectivity index is 1.82. The van der Waals surface area contributed by atoms with Crippen molar-refractivity contribution in [3.8, 4) is 0 Å². The summed E-state index contributed by atoms with van der Waals surface area (Å²) >= 11 is 0. The molecule has 21 heavy (non-hydrogen) atoms. The highest BCUT2D eigenvalue weighted by Gasteiger charge is 2.20. The van der Waals surface area contributed by atoms with Gasteiger partial charge in [-0.1, -0.05) is 35.9 Å². The van der Waals surface area contributed by atoms with Crippen LogP contribution in [0.2, 0.25) is 0 Å². The smallest absolute Gasteiger partial charge is 0.308 e. The summed E-state index contributed by atoms with van der Waals surface area (Å²) < 4.78 is 0. The number of urea groups is 1. The van der Waals surface area contributed by atoms with E-state index in [1.165, 1.54) is 11.1 Å². The zero-order valence-electron chi connectivity index (χ0n) is 12.3. The molecular formula is C18H20N2O. The van der Waals surface area contributed by atoms with E-state index in [2.05, 4.69) is 11.4 Å². The van der Waals surface area contributed by atoms with E-state index in [1.54, 1.807) is 0 Å². The molecule has 2 aromatic rings. The van der Waals surface area contributed by atoms with Crippen LogP contribution in [0.1, 0.15) is 24.0 Å². The number of fused-ring (bicyclic) bond motifs is 1. The number of amides is 2. The maximum Gasteiger partial charge on any atom is 0.326 e. The zero-order valence-corrected chi connectivity index (χ0v) is 12.3. The lowest BCUT2D eigenvalue weighted by atomic mass is 10.1. The summed E-state index contributed by atoms with van der Waals surface area (Å²) in [6.45, 7) is 2.81. The van der Waals surface area contributed by atoms with Crippen molar-refractivity contribution in [3.63, 3.8) is 0 Å². The molecule has 1 N–H and O–H groups in total. The second-order valence-electron chi connectivity index (χ2n) is 5.53. The van der Waals surface area contributed by atoms with Crippen LogP contribution in [0.5, 0.6) is 0 Å². The van der Waals surface area contributed by atoms with Crippen molar-refractivity contribution in [2.24, 2.45) is 0 Å². The topological polar surface area (TPSA) is 32.3 Å². The molecule has 1 aliphatic rings. The number of rotatable bonds is 1. The molecule has 0 atom stereocenters. The Labute approximate surface area is 125 Å². The molecule has 0 spiro atoms. The van der Waals surface area contributed by atoms with Gasteiger partial charge in [0.05, 0.1) is 0 Å². The minimum Gasteiger partial charge on any atom is -0.308 e. The Kier molecular flexibility index (Phi) is 3.91. The summed E-state index contributed by atoms with van der Waals surface area (Å²) in [5.41, 5.74) is 4.33. The van der Waals surface area contributed by atoms with Crippen LogP contribution >= 0.6 is 0 Å². The fraction of sp³-hybridized carbons (Fsp3) is 0.278. The van der Waals surface area contributed by atoms with E-state index in [0.717, 1.165) is 37.2 Å². The van der Waals surface area contributed by atoms with Crippen molar-refractivity contribution in [1.29, 1.82) is 0 Å². The molecule has 0 aliphatic carbocycles. The Morgan fingerprint density at radius 1 is 1.05 bits per heavy atom. The molecule has 0 bridgehead atoms. The van der Waals surface area contributed by atoms with Crippen LogP contribution in [0.15, 0.2) is 48.5 Å². The Hall–Kier alpha value is -2.29. The highest BCUT2D eigenvalue weighted by atomic mass is 16.2. The van der Waals surface area contributed by atoms with Crippen molar-refractivity contribution in [3.05, 3.63) is 59.7 Å². The van der Waals surface area contributed by atoms with Crippen molar-refractivity contribution in [2.45, 2.75) is 26.2 Å². The molecule has 3 heteroatoms. The van der Waals surface area contributed by atoms with Crippen LogP contribution in [-0.2, 0) is 6.42 Å². The second kappa shape index (κ2) is 6.00. The third kappa shape index (κ3) is 3.07. The van der Waals surface area contributed by atoms with E-state index in [4.69, 9.17) is 0 Å². The van der Waals surface area contributed by atoms with Gasteiger partial charge in [0.1, 0.15) is 0 Å². The number of nitrogens with one attached hydrogen (secondary N) is 1. The summed E-state index contributed by atoms with van der Waals surface area (Å²) in [5.74, 6) is 0. The molecule has 1 aliphatic heterocycles. The van der Waals surface area contributed by atoms with E-state index in [9.17, 15) is 4.79 Å². The number of nitrogens with zero attached hydrogens (tertiary/aromatic N) is 1. The van der Waals surface area contributed by atoms with Crippen LogP contribution in [0.3, 0.4) is 0 Å². The van der Waals surface area contributed by atoms with E-state index >= 15 is 0 Å². The van der Waals surface area contributed by atoms with Crippen molar-refractivity contribution in [1.82, 2.24) is 0 Å². The lowest BCUT2D eigenvalue weighted by Crippen LogP contribution is -2.35. The standard InChI is InChI=1S/C18H20N2O/c1-14-9-11-16(12-10-14)19-18(21)20-13-5-4-7-15-6-2-3-8-17(15)20/h2-3,6,8-12H,4-5,7,13H2,1H3,(H,19,21). The van der Waals surface area contributed by atoms with Gasteiger partial charge in [-0.15, -0.1) is 0 Å². The molecule has 0 unspecified atom stereocenters. The molecule has 0 saturated carbocycles.